The fourth-order valence-electron chi connectivity index (χ4n) is 4.86. The second-order valence-corrected chi connectivity index (χ2v) is 9.46. The van der Waals surface area contributed by atoms with Crippen LogP contribution in [0.25, 0.3) is 22.3 Å². The molecule has 2 aromatic heterocycles. The average molecular weight is 566 g/mol. The van der Waals surface area contributed by atoms with Gasteiger partial charge in [-0.15, -0.1) is 13.2 Å². The number of piperidine rings is 1. The predicted octanol–water partition coefficient (Wildman–Crippen LogP) is 4.25. The molecule has 0 spiro atoms. The Morgan fingerprint density at radius 3 is 2.63 bits per heavy atom. The lowest BCUT2D eigenvalue weighted by atomic mass is 10.1. The van der Waals surface area contributed by atoms with Crippen molar-refractivity contribution in [3.8, 4) is 17.0 Å². The highest BCUT2D eigenvalue weighted by Crippen LogP contribution is 2.34. The summed E-state index contributed by atoms with van der Waals surface area (Å²) >= 11 is 0. The number of fused-ring (bicyclic) bond motifs is 1. The number of hydrogen-bond donors (Lipinski definition) is 2. The maximum absolute atomic E-state index is 12.7. The fourth-order valence-corrected chi connectivity index (χ4v) is 4.86. The van der Waals surface area contributed by atoms with Crippen molar-refractivity contribution >= 4 is 28.7 Å². The number of hydrogen-bond acceptors (Lipinski definition) is 7. The van der Waals surface area contributed by atoms with Gasteiger partial charge in [-0.25, -0.2) is 14.6 Å². The van der Waals surface area contributed by atoms with E-state index in [9.17, 15) is 22.8 Å². The normalized spacial score (nSPS) is 15.5. The summed E-state index contributed by atoms with van der Waals surface area (Å²) in [5.74, 6) is -1.16. The average Bonchev–Trinajstić information content (AvgIpc) is 3.36. The van der Waals surface area contributed by atoms with Crippen molar-refractivity contribution in [2.45, 2.75) is 31.8 Å². The van der Waals surface area contributed by atoms with Crippen molar-refractivity contribution in [1.29, 1.82) is 0 Å². The minimum absolute atomic E-state index is 0.0646. The van der Waals surface area contributed by atoms with Gasteiger partial charge in [0, 0.05) is 25.2 Å². The summed E-state index contributed by atoms with van der Waals surface area (Å²) in [6.45, 7) is 4.75. The van der Waals surface area contributed by atoms with Gasteiger partial charge in [0.1, 0.15) is 23.6 Å². The number of rotatable bonds is 7. The molecule has 1 atom stereocenters. The molecule has 10 nitrogen and oxygen atoms in total. The van der Waals surface area contributed by atoms with Crippen LogP contribution in [0.3, 0.4) is 0 Å². The summed E-state index contributed by atoms with van der Waals surface area (Å²) < 4.78 is 43.9. The lowest BCUT2D eigenvalue weighted by Crippen LogP contribution is -2.40. The summed E-state index contributed by atoms with van der Waals surface area (Å²) in [7, 11) is 0. The standard InChI is InChI=1S/C28H26F3N7O3/c1-2-22(39)37-13-5-6-19(15-37)38-26-23(25(32)34-16-35-26)24(36-38)18-11-9-17(10-12-18)14-33-27(40)20-7-3-4-8-21(20)41-28(29,30)31/h2-4,7-12,16,19H,1,5-6,13-15H2,(H,33,40)(H2,32,34,35)/t19-/m1/s1. The monoisotopic (exact) mass is 565 g/mol. The third-order valence-corrected chi connectivity index (χ3v) is 6.78. The first-order valence-electron chi connectivity index (χ1n) is 12.8. The first-order chi connectivity index (χ1) is 19.6. The summed E-state index contributed by atoms with van der Waals surface area (Å²) in [6, 6.07) is 12.2. The van der Waals surface area contributed by atoms with Crippen LogP contribution in [-0.4, -0.2) is 55.9 Å². The van der Waals surface area contributed by atoms with Gasteiger partial charge in [-0.3, -0.25) is 9.59 Å². The van der Waals surface area contributed by atoms with E-state index in [4.69, 9.17) is 10.8 Å². The molecule has 4 aromatic rings. The molecule has 3 heterocycles. The lowest BCUT2D eigenvalue weighted by Gasteiger charge is -2.32. The van der Waals surface area contributed by atoms with E-state index in [1.165, 1.54) is 30.6 Å². The Morgan fingerprint density at radius 2 is 1.90 bits per heavy atom. The molecular weight excluding hydrogens is 539 g/mol. The number of nitrogens with one attached hydrogen (secondary N) is 1. The second-order valence-electron chi connectivity index (χ2n) is 9.46. The molecule has 2 amide bonds. The number of carbonyl (C=O) groups excluding carboxylic acids is 2. The number of carbonyl (C=O) groups is 2. The Bertz CT molecular complexity index is 1600. The number of nitrogens with two attached hydrogens (primary N) is 1. The largest absolute Gasteiger partial charge is 0.573 e. The Morgan fingerprint density at radius 1 is 1.15 bits per heavy atom. The third kappa shape index (κ3) is 5.98. The summed E-state index contributed by atoms with van der Waals surface area (Å²) in [5.41, 5.74) is 8.56. The number of benzene rings is 2. The van der Waals surface area contributed by atoms with Crippen LogP contribution in [0.2, 0.25) is 0 Å². The highest BCUT2D eigenvalue weighted by Gasteiger charge is 2.33. The summed E-state index contributed by atoms with van der Waals surface area (Å²) in [6.07, 6.45) is -0.643. The first kappa shape index (κ1) is 27.6. The number of halogens is 3. The molecule has 1 saturated heterocycles. The van der Waals surface area contributed by atoms with Crippen LogP contribution in [0.4, 0.5) is 19.0 Å². The molecule has 0 bridgehead atoms. The van der Waals surface area contributed by atoms with E-state index in [2.05, 4.69) is 26.6 Å². The highest BCUT2D eigenvalue weighted by molar-refractivity contribution is 5.98. The van der Waals surface area contributed by atoms with Crippen LogP contribution in [0.15, 0.2) is 67.5 Å². The maximum atomic E-state index is 12.7. The lowest BCUT2D eigenvalue weighted by molar-refractivity contribution is -0.274. The quantitative estimate of drug-likeness (QED) is 0.321. The fraction of sp³-hybridized carbons (Fsp3) is 0.250. The zero-order chi connectivity index (χ0) is 29.1. The molecule has 0 saturated carbocycles. The van der Waals surface area contributed by atoms with Crippen molar-refractivity contribution in [3.63, 3.8) is 0 Å². The summed E-state index contributed by atoms with van der Waals surface area (Å²) in [4.78, 5) is 35.1. The van der Waals surface area contributed by atoms with Crippen LogP contribution in [0, 0.1) is 0 Å². The molecule has 1 fully saturated rings. The van der Waals surface area contributed by atoms with Crippen molar-refractivity contribution in [2.24, 2.45) is 0 Å². The van der Waals surface area contributed by atoms with Gasteiger partial charge in [0.25, 0.3) is 5.91 Å². The van der Waals surface area contributed by atoms with E-state index in [0.717, 1.165) is 24.5 Å². The van der Waals surface area contributed by atoms with Gasteiger partial charge in [0.2, 0.25) is 5.91 Å². The van der Waals surface area contributed by atoms with Crippen LogP contribution >= 0.6 is 0 Å². The zero-order valence-electron chi connectivity index (χ0n) is 21.8. The van der Waals surface area contributed by atoms with Gasteiger partial charge < -0.3 is 20.7 Å². The number of aromatic nitrogens is 4. The van der Waals surface area contributed by atoms with Gasteiger partial charge in [0.15, 0.2) is 5.65 Å². The van der Waals surface area contributed by atoms with Crippen LogP contribution < -0.4 is 15.8 Å². The maximum Gasteiger partial charge on any atom is 0.573 e. The highest BCUT2D eigenvalue weighted by atomic mass is 19.4. The second kappa shape index (κ2) is 11.3. The molecule has 2 aromatic carbocycles. The smallest absolute Gasteiger partial charge is 0.405 e. The Hall–Kier alpha value is -4.94. The minimum atomic E-state index is -4.92. The molecule has 3 N–H and O–H groups in total. The van der Waals surface area contributed by atoms with E-state index in [0.29, 0.717) is 35.4 Å². The van der Waals surface area contributed by atoms with Gasteiger partial charge in [-0.1, -0.05) is 43.0 Å². The molecule has 0 radical (unpaired) electrons. The van der Waals surface area contributed by atoms with Crippen molar-refractivity contribution in [1.82, 2.24) is 30.0 Å². The molecule has 212 valence electrons. The van der Waals surface area contributed by atoms with Gasteiger partial charge in [-0.05, 0) is 36.6 Å². The van der Waals surface area contributed by atoms with Crippen molar-refractivity contribution in [2.75, 3.05) is 18.8 Å². The van der Waals surface area contributed by atoms with Crippen LogP contribution in [-0.2, 0) is 11.3 Å². The number of amides is 2. The number of ether oxygens (including phenoxy) is 1. The Labute approximate surface area is 232 Å². The Balaban J connectivity index is 1.36. The topological polar surface area (TPSA) is 128 Å². The first-order valence-corrected chi connectivity index (χ1v) is 12.8. The van der Waals surface area contributed by atoms with Gasteiger partial charge >= 0.3 is 6.36 Å². The van der Waals surface area contributed by atoms with E-state index >= 15 is 0 Å². The minimum Gasteiger partial charge on any atom is -0.405 e. The third-order valence-electron chi connectivity index (χ3n) is 6.78. The van der Waals surface area contributed by atoms with Crippen LogP contribution in [0.5, 0.6) is 5.75 Å². The predicted molar refractivity (Wildman–Crippen MR) is 145 cm³/mol. The SMILES string of the molecule is C=CC(=O)N1CCC[C@@H](n2nc(-c3ccc(CNC(=O)c4ccccc4OC(F)(F)F)cc3)c3c(N)ncnc32)C1. The van der Waals surface area contributed by atoms with E-state index in [1.807, 2.05) is 0 Å². The number of alkyl halides is 3. The number of para-hydroxylation sites is 1. The Kier molecular flexibility index (Phi) is 7.60. The summed E-state index contributed by atoms with van der Waals surface area (Å²) in [5, 5.41) is 8.05. The number of nitrogens with zero attached hydrogens (tertiary/aromatic N) is 5. The molecular formula is C28H26F3N7O3. The molecule has 0 unspecified atom stereocenters. The molecule has 1 aliphatic heterocycles. The molecule has 41 heavy (non-hydrogen) atoms. The number of likely N-dealkylation sites (tertiary alicyclic amines) is 1. The van der Waals surface area contributed by atoms with Crippen molar-refractivity contribution < 1.29 is 27.5 Å². The molecule has 1 aliphatic rings. The molecule has 0 aliphatic carbocycles. The number of nitrogen functional groups attached to an aromatic ring is 1. The molecule has 13 heteroatoms. The van der Waals surface area contributed by atoms with E-state index < -0.39 is 18.0 Å². The van der Waals surface area contributed by atoms with Crippen molar-refractivity contribution in [3.05, 3.63) is 78.6 Å². The van der Waals surface area contributed by atoms with Crippen LogP contribution in [0.1, 0.15) is 34.8 Å². The van der Waals surface area contributed by atoms with E-state index in [1.54, 1.807) is 33.8 Å². The molecule has 5 rings (SSSR count). The van der Waals surface area contributed by atoms with Gasteiger partial charge in [0.05, 0.1) is 17.0 Å². The van der Waals surface area contributed by atoms with E-state index in [-0.39, 0.29) is 29.9 Å². The zero-order valence-corrected chi connectivity index (χ0v) is 21.8. The van der Waals surface area contributed by atoms with Gasteiger partial charge in [-0.2, -0.15) is 5.10 Å². The number of anilines is 1.